The first-order chi connectivity index (χ1) is 9.90. The Bertz CT molecular complexity index is 562. The molecule has 0 aliphatic heterocycles. The number of rotatable bonds is 4. The Balaban J connectivity index is 2.06. The minimum Gasteiger partial charge on any atom is -0.364 e. The van der Waals surface area contributed by atoms with E-state index in [2.05, 4.69) is 81.3 Å². The second-order valence-corrected chi connectivity index (χ2v) is 6.64. The van der Waals surface area contributed by atoms with E-state index in [4.69, 9.17) is 0 Å². The molecule has 112 valence electrons. The molecule has 0 radical (unpaired) electrons. The van der Waals surface area contributed by atoms with E-state index in [9.17, 15) is 0 Å². The first kappa shape index (κ1) is 15.6. The number of pyridine rings is 1. The average Bonchev–Trinajstić information content (AvgIpc) is 2.47. The molecule has 21 heavy (non-hydrogen) atoms. The van der Waals surface area contributed by atoms with Crippen molar-refractivity contribution in [2.24, 2.45) is 0 Å². The second kappa shape index (κ2) is 6.30. The standard InChI is InChI=1S/C19H26N2/c1-6-15-7-9-16(10-8-15)14(2)21-18-12-11-17(13-20-18)19(3,4)5/h7-14H,6H2,1-5H3,(H,20,21). The van der Waals surface area contributed by atoms with E-state index in [-0.39, 0.29) is 11.5 Å². The third-order valence-electron chi connectivity index (χ3n) is 3.88. The van der Waals surface area contributed by atoms with Gasteiger partial charge in [0.25, 0.3) is 0 Å². The van der Waals surface area contributed by atoms with Crippen LogP contribution in [-0.2, 0) is 11.8 Å². The summed E-state index contributed by atoms with van der Waals surface area (Å²) in [7, 11) is 0. The van der Waals surface area contributed by atoms with Gasteiger partial charge in [0.15, 0.2) is 0 Å². The average molecular weight is 282 g/mol. The van der Waals surface area contributed by atoms with Gasteiger partial charge in [0.05, 0.1) is 0 Å². The van der Waals surface area contributed by atoms with Crippen molar-refractivity contribution >= 4 is 5.82 Å². The smallest absolute Gasteiger partial charge is 0.126 e. The summed E-state index contributed by atoms with van der Waals surface area (Å²) in [5.74, 6) is 0.926. The molecular weight excluding hydrogens is 256 g/mol. The van der Waals surface area contributed by atoms with Gasteiger partial charge in [-0.15, -0.1) is 0 Å². The first-order valence-electron chi connectivity index (χ1n) is 7.72. The summed E-state index contributed by atoms with van der Waals surface area (Å²) >= 11 is 0. The van der Waals surface area contributed by atoms with Gasteiger partial charge < -0.3 is 5.32 Å². The van der Waals surface area contributed by atoms with Crippen LogP contribution in [0.3, 0.4) is 0 Å². The van der Waals surface area contributed by atoms with E-state index in [1.54, 1.807) is 0 Å². The Morgan fingerprint density at radius 2 is 1.71 bits per heavy atom. The summed E-state index contributed by atoms with van der Waals surface area (Å²) < 4.78 is 0. The van der Waals surface area contributed by atoms with Crippen molar-refractivity contribution in [3.05, 3.63) is 59.3 Å². The first-order valence-corrected chi connectivity index (χ1v) is 7.72. The highest BCUT2D eigenvalue weighted by Gasteiger charge is 2.14. The molecule has 0 aliphatic carbocycles. The topological polar surface area (TPSA) is 24.9 Å². The molecule has 0 fully saturated rings. The van der Waals surface area contributed by atoms with Crippen LogP contribution in [0, 0.1) is 0 Å². The van der Waals surface area contributed by atoms with Gasteiger partial charge in [-0.2, -0.15) is 0 Å². The monoisotopic (exact) mass is 282 g/mol. The third kappa shape index (κ3) is 4.07. The second-order valence-electron chi connectivity index (χ2n) is 6.64. The van der Waals surface area contributed by atoms with Crippen molar-refractivity contribution in [1.82, 2.24) is 4.98 Å². The Morgan fingerprint density at radius 1 is 1.05 bits per heavy atom. The van der Waals surface area contributed by atoms with Gasteiger partial charge in [-0.25, -0.2) is 4.98 Å². The van der Waals surface area contributed by atoms with E-state index < -0.39 is 0 Å². The maximum absolute atomic E-state index is 4.53. The van der Waals surface area contributed by atoms with Gasteiger partial charge in [0, 0.05) is 12.2 Å². The normalized spacial score (nSPS) is 13.0. The van der Waals surface area contributed by atoms with Gasteiger partial charge in [-0.3, -0.25) is 0 Å². The van der Waals surface area contributed by atoms with Gasteiger partial charge in [0.2, 0.25) is 0 Å². The van der Waals surface area contributed by atoms with Crippen LogP contribution >= 0.6 is 0 Å². The Labute approximate surface area is 128 Å². The summed E-state index contributed by atoms with van der Waals surface area (Å²) in [5.41, 5.74) is 4.06. The number of hydrogen-bond acceptors (Lipinski definition) is 2. The van der Waals surface area contributed by atoms with Gasteiger partial charge in [-0.05, 0) is 41.5 Å². The zero-order valence-corrected chi connectivity index (χ0v) is 13.8. The third-order valence-corrected chi connectivity index (χ3v) is 3.88. The number of hydrogen-bond donors (Lipinski definition) is 1. The summed E-state index contributed by atoms with van der Waals surface area (Å²) in [6.45, 7) is 11.0. The fourth-order valence-electron chi connectivity index (χ4n) is 2.27. The number of nitrogens with one attached hydrogen (secondary N) is 1. The molecule has 2 aromatic rings. The highest BCUT2D eigenvalue weighted by molar-refractivity contribution is 5.40. The Hall–Kier alpha value is -1.83. The zero-order chi connectivity index (χ0) is 15.5. The zero-order valence-electron chi connectivity index (χ0n) is 13.8. The minimum absolute atomic E-state index is 0.146. The van der Waals surface area contributed by atoms with E-state index in [1.807, 2.05) is 6.20 Å². The molecule has 0 saturated heterocycles. The minimum atomic E-state index is 0.146. The van der Waals surface area contributed by atoms with Crippen molar-refractivity contribution in [2.75, 3.05) is 5.32 Å². The molecule has 0 spiro atoms. The molecule has 1 unspecified atom stereocenters. The Morgan fingerprint density at radius 3 is 2.19 bits per heavy atom. The molecule has 1 aromatic carbocycles. The number of aryl methyl sites for hydroxylation is 1. The van der Waals surface area contributed by atoms with Crippen LogP contribution in [0.4, 0.5) is 5.82 Å². The number of anilines is 1. The van der Waals surface area contributed by atoms with Crippen LogP contribution in [0.1, 0.15) is 57.4 Å². The Kier molecular flexibility index (Phi) is 4.66. The van der Waals surface area contributed by atoms with E-state index in [0.29, 0.717) is 0 Å². The van der Waals surface area contributed by atoms with Crippen molar-refractivity contribution in [3.8, 4) is 0 Å². The van der Waals surface area contributed by atoms with E-state index in [1.165, 1.54) is 16.7 Å². The van der Waals surface area contributed by atoms with Gasteiger partial charge in [-0.1, -0.05) is 58.0 Å². The van der Waals surface area contributed by atoms with Crippen LogP contribution in [0.25, 0.3) is 0 Å². The van der Waals surface area contributed by atoms with Gasteiger partial charge in [0.1, 0.15) is 5.82 Å². The van der Waals surface area contributed by atoms with Crippen molar-refractivity contribution in [2.45, 2.75) is 52.5 Å². The molecule has 1 N–H and O–H groups in total. The number of nitrogens with zero attached hydrogens (tertiary/aromatic N) is 1. The molecule has 2 nitrogen and oxygen atoms in total. The predicted octanol–water partition coefficient (Wildman–Crippen LogP) is 5.11. The van der Waals surface area contributed by atoms with Crippen LogP contribution < -0.4 is 5.32 Å². The fourth-order valence-corrected chi connectivity index (χ4v) is 2.27. The van der Waals surface area contributed by atoms with Crippen LogP contribution in [0.15, 0.2) is 42.6 Å². The molecule has 0 saturated carbocycles. The van der Waals surface area contributed by atoms with E-state index >= 15 is 0 Å². The molecule has 1 aromatic heterocycles. The maximum Gasteiger partial charge on any atom is 0.126 e. The number of benzene rings is 1. The number of aromatic nitrogens is 1. The molecular formula is C19H26N2. The molecule has 0 amide bonds. The molecule has 1 heterocycles. The lowest BCUT2D eigenvalue weighted by atomic mass is 9.88. The maximum atomic E-state index is 4.53. The summed E-state index contributed by atoms with van der Waals surface area (Å²) in [4.78, 5) is 4.53. The SMILES string of the molecule is CCc1ccc(C(C)Nc2ccc(C(C)(C)C)cn2)cc1. The molecule has 0 bridgehead atoms. The van der Waals surface area contributed by atoms with Crippen molar-refractivity contribution in [1.29, 1.82) is 0 Å². The highest BCUT2D eigenvalue weighted by atomic mass is 15.0. The van der Waals surface area contributed by atoms with Gasteiger partial charge >= 0.3 is 0 Å². The lowest BCUT2D eigenvalue weighted by molar-refractivity contribution is 0.587. The fraction of sp³-hybridized carbons (Fsp3) is 0.421. The van der Waals surface area contributed by atoms with Crippen LogP contribution in [0.2, 0.25) is 0 Å². The predicted molar refractivity (Wildman–Crippen MR) is 90.8 cm³/mol. The van der Waals surface area contributed by atoms with Crippen molar-refractivity contribution in [3.63, 3.8) is 0 Å². The lowest BCUT2D eigenvalue weighted by Crippen LogP contribution is -2.12. The molecule has 2 rings (SSSR count). The van der Waals surface area contributed by atoms with Crippen molar-refractivity contribution < 1.29 is 0 Å². The summed E-state index contributed by atoms with van der Waals surface area (Å²) in [5, 5.41) is 3.46. The molecule has 2 heteroatoms. The summed E-state index contributed by atoms with van der Waals surface area (Å²) in [6, 6.07) is 13.3. The molecule has 1 atom stereocenters. The quantitative estimate of drug-likeness (QED) is 0.842. The van der Waals surface area contributed by atoms with Crippen LogP contribution in [0.5, 0.6) is 0 Å². The highest BCUT2D eigenvalue weighted by Crippen LogP contribution is 2.23. The molecule has 0 aliphatic rings. The lowest BCUT2D eigenvalue weighted by Gasteiger charge is -2.20. The van der Waals surface area contributed by atoms with Crippen LogP contribution in [-0.4, -0.2) is 4.98 Å². The van der Waals surface area contributed by atoms with E-state index in [0.717, 1.165) is 12.2 Å². The summed E-state index contributed by atoms with van der Waals surface area (Å²) in [6.07, 6.45) is 3.05. The largest absolute Gasteiger partial charge is 0.364 e.